The Bertz CT molecular complexity index is 1760. The smallest absolute Gasteiger partial charge is 0.415 e. The van der Waals surface area contributed by atoms with E-state index in [4.69, 9.17) is 30.5 Å². The van der Waals surface area contributed by atoms with Crippen LogP contribution in [0.5, 0.6) is 11.5 Å². The molecule has 2 saturated heterocycles. The number of carbonyl (C=O) groups is 3. The normalized spacial score (nSPS) is 23.5. The number of aromatic nitrogens is 1. The second kappa shape index (κ2) is 15.5. The summed E-state index contributed by atoms with van der Waals surface area (Å²) >= 11 is 6.40. The number of hydrogen-bond acceptors (Lipinski definition) is 12. The van der Waals surface area contributed by atoms with Crippen LogP contribution in [0.25, 0.3) is 0 Å². The first-order chi connectivity index (χ1) is 24.7. The van der Waals surface area contributed by atoms with Gasteiger partial charge in [-0.3, -0.25) is 9.69 Å². The molecule has 1 aliphatic carbocycles. The highest BCUT2D eigenvalue weighted by Crippen LogP contribution is 2.40. The van der Waals surface area contributed by atoms with Crippen molar-refractivity contribution in [2.24, 2.45) is 0 Å². The molecule has 52 heavy (non-hydrogen) atoms. The van der Waals surface area contributed by atoms with Crippen LogP contribution in [0.15, 0.2) is 35.2 Å². The van der Waals surface area contributed by atoms with Gasteiger partial charge in [-0.15, -0.1) is 0 Å². The Morgan fingerprint density at radius 1 is 1.08 bits per heavy atom. The van der Waals surface area contributed by atoms with E-state index in [9.17, 15) is 27.9 Å². The maximum atomic E-state index is 13.6. The zero-order chi connectivity index (χ0) is 37.2. The van der Waals surface area contributed by atoms with Gasteiger partial charge in [0.2, 0.25) is 15.9 Å². The third kappa shape index (κ3) is 8.76. The minimum absolute atomic E-state index is 0.0164. The number of benzene rings is 1. The average Bonchev–Trinajstić information content (AvgIpc) is 3.43. The molecular weight excluding hydrogens is 720 g/mol. The summed E-state index contributed by atoms with van der Waals surface area (Å²) in [5.41, 5.74) is -0.208. The lowest BCUT2D eigenvalue weighted by molar-refractivity contribution is -0.122. The standard InChI is InChI=1S/C34H45ClN6O10S/c1-34(2,3)51-32(44)36-11-10-31(43)37-21-4-6-22(7-5-21)49-23-16-29(35)38-30(17-23)39-12-14-40(15-13-39)52(46,47)24-8-9-25-27(18-24)48-20-26-28(19-42)50-33(45)41(25)26/h8-9,16-18,21-22,26,28,42H,4-7,10-15,19-20H2,1-3H3,(H,36,44)(H,37,43)/t21?,22?,26-,28-/m0/s1. The van der Waals surface area contributed by atoms with E-state index in [1.54, 1.807) is 32.9 Å². The van der Waals surface area contributed by atoms with Gasteiger partial charge in [-0.05, 0) is 58.6 Å². The fraction of sp³-hybridized carbons (Fsp3) is 0.588. The number of aliphatic hydroxyl groups excluding tert-OH is 1. The maximum absolute atomic E-state index is 13.6. The van der Waals surface area contributed by atoms with Gasteiger partial charge in [-0.25, -0.2) is 23.0 Å². The lowest BCUT2D eigenvalue weighted by Gasteiger charge is -2.35. The Labute approximate surface area is 307 Å². The number of aliphatic hydroxyl groups is 1. The first kappa shape index (κ1) is 37.7. The summed E-state index contributed by atoms with van der Waals surface area (Å²) in [4.78, 5) is 44.5. The van der Waals surface area contributed by atoms with E-state index >= 15 is 0 Å². The van der Waals surface area contributed by atoms with Crippen molar-refractivity contribution in [2.75, 3.05) is 55.7 Å². The van der Waals surface area contributed by atoms with E-state index in [1.165, 1.54) is 27.4 Å². The molecule has 18 heteroatoms. The second-order valence-corrected chi connectivity index (χ2v) is 16.5. The monoisotopic (exact) mass is 764 g/mol. The van der Waals surface area contributed by atoms with E-state index in [-0.39, 0.29) is 73.1 Å². The van der Waals surface area contributed by atoms with E-state index in [1.807, 2.05) is 4.90 Å². The number of rotatable bonds is 10. The first-order valence-electron chi connectivity index (χ1n) is 17.4. The van der Waals surface area contributed by atoms with Gasteiger partial charge in [-0.2, -0.15) is 4.31 Å². The Kier molecular flexibility index (Phi) is 11.2. The van der Waals surface area contributed by atoms with Crippen LogP contribution < -0.4 is 29.9 Å². The first-order valence-corrected chi connectivity index (χ1v) is 19.2. The number of anilines is 2. The van der Waals surface area contributed by atoms with Crippen molar-refractivity contribution in [3.05, 3.63) is 35.5 Å². The number of pyridine rings is 1. The zero-order valence-electron chi connectivity index (χ0n) is 29.4. The number of carbonyl (C=O) groups excluding carboxylic acids is 3. The number of ether oxygens (including phenoxy) is 4. The summed E-state index contributed by atoms with van der Waals surface area (Å²) in [5, 5.41) is 15.4. The van der Waals surface area contributed by atoms with Crippen molar-refractivity contribution in [3.63, 3.8) is 0 Å². The number of cyclic esters (lactones) is 1. The van der Waals surface area contributed by atoms with Gasteiger partial charge in [-0.1, -0.05) is 11.6 Å². The van der Waals surface area contributed by atoms with Crippen molar-refractivity contribution < 1.29 is 46.9 Å². The van der Waals surface area contributed by atoms with E-state index in [0.29, 0.717) is 30.3 Å². The topological polar surface area (TPSA) is 189 Å². The predicted molar refractivity (Wildman–Crippen MR) is 189 cm³/mol. The van der Waals surface area contributed by atoms with E-state index in [2.05, 4.69) is 15.6 Å². The fourth-order valence-corrected chi connectivity index (χ4v) is 8.37. The largest absolute Gasteiger partial charge is 0.490 e. The molecule has 0 radical (unpaired) electrons. The summed E-state index contributed by atoms with van der Waals surface area (Å²) in [5.74, 6) is 1.26. The Morgan fingerprint density at radius 3 is 2.50 bits per heavy atom. The molecule has 0 unspecified atom stereocenters. The number of nitrogens with one attached hydrogen (secondary N) is 2. The molecule has 0 spiro atoms. The highest BCUT2D eigenvalue weighted by Gasteiger charge is 2.46. The van der Waals surface area contributed by atoms with Gasteiger partial charge in [0.1, 0.15) is 40.7 Å². The van der Waals surface area contributed by atoms with Gasteiger partial charge < -0.3 is 39.6 Å². The number of hydrogen-bond donors (Lipinski definition) is 3. The van der Waals surface area contributed by atoms with Gasteiger partial charge in [0.05, 0.1) is 23.3 Å². The van der Waals surface area contributed by atoms with Crippen LogP contribution in [-0.4, -0.2) is 117 Å². The van der Waals surface area contributed by atoms with Crippen molar-refractivity contribution in [3.8, 4) is 11.5 Å². The molecule has 0 bridgehead atoms. The van der Waals surface area contributed by atoms with Crippen LogP contribution in [0.2, 0.25) is 5.15 Å². The van der Waals surface area contributed by atoms with Gasteiger partial charge in [0.25, 0.3) is 0 Å². The SMILES string of the molecule is CC(C)(C)OC(=O)NCCC(=O)NC1CCC(Oc2cc(Cl)nc(N3CCN(S(=O)(=O)c4ccc5c(c4)OC[C@H]4[C@H](CO)OC(=O)N54)CC3)c2)CC1. The molecule has 4 aliphatic rings. The molecule has 1 aromatic heterocycles. The van der Waals surface area contributed by atoms with Crippen LogP contribution >= 0.6 is 11.6 Å². The number of sulfonamides is 1. The number of halogens is 1. The van der Waals surface area contributed by atoms with Gasteiger partial charge in [0, 0.05) is 63.4 Å². The highest BCUT2D eigenvalue weighted by molar-refractivity contribution is 7.89. The molecule has 3 amide bonds. The van der Waals surface area contributed by atoms with Gasteiger partial charge in [0.15, 0.2) is 6.10 Å². The molecule has 2 aromatic rings. The van der Waals surface area contributed by atoms with Crippen LogP contribution in [0.1, 0.15) is 52.9 Å². The number of nitrogens with zero attached hydrogens (tertiary/aromatic N) is 4. The number of fused-ring (bicyclic) bond motifs is 3. The van der Waals surface area contributed by atoms with Crippen LogP contribution in [0.3, 0.4) is 0 Å². The van der Waals surface area contributed by atoms with Crippen LogP contribution in [0.4, 0.5) is 21.1 Å². The lowest BCUT2D eigenvalue weighted by Crippen LogP contribution is -2.49. The summed E-state index contributed by atoms with van der Waals surface area (Å²) in [6.45, 7) is 6.39. The summed E-state index contributed by atoms with van der Waals surface area (Å²) in [7, 11) is -3.88. The Hall–Kier alpha value is -4.06. The molecule has 4 heterocycles. The van der Waals surface area contributed by atoms with Crippen molar-refractivity contribution in [2.45, 2.75) is 87.7 Å². The quantitative estimate of drug-likeness (QED) is 0.301. The molecule has 2 atom stereocenters. The molecule has 6 rings (SSSR count). The Balaban J connectivity index is 0.979. The maximum Gasteiger partial charge on any atom is 0.415 e. The molecule has 3 aliphatic heterocycles. The number of amides is 3. The average molecular weight is 765 g/mol. The summed E-state index contributed by atoms with van der Waals surface area (Å²) in [6, 6.07) is 7.38. The van der Waals surface area contributed by atoms with Crippen molar-refractivity contribution in [1.82, 2.24) is 19.9 Å². The Morgan fingerprint density at radius 2 is 1.81 bits per heavy atom. The molecule has 16 nitrogen and oxygen atoms in total. The lowest BCUT2D eigenvalue weighted by atomic mass is 9.93. The summed E-state index contributed by atoms with van der Waals surface area (Å²) < 4.78 is 51.2. The van der Waals surface area contributed by atoms with Crippen molar-refractivity contribution in [1.29, 1.82) is 0 Å². The van der Waals surface area contributed by atoms with E-state index < -0.39 is 40.0 Å². The molecule has 3 N–H and O–H groups in total. The zero-order valence-corrected chi connectivity index (χ0v) is 31.0. The summed E-state index contributed by atoms with van der Waals surface area (Å²) in [6.07, 6.45) is 1.14. The minimum Gasteiger partial charge on any atom is -0.490 e. The van der Waals surface area contributed by atoms with Crippen LogP contribution in [-0.2, 0) is 24.3 Å². The highest BCUT2D eigenvalue weighted by atomic mass is 35.5. The second-order valence-electron chi connectivity index (χ2n) is 14.2. The third-order valence-corrected chi connectivity index (χ3v) is 11.4. The molecule has 1 saturated carbocycles. The molecule has 1 aromatic carbocycles. The molecule has 284 valence electrons. The van der Waals surface area contributed by atoms with Crippen molar-refractivity contribution >= 4 is 51.2 Å². The van der Waals surface area contributed by atoms with Gasteiger partial charge >= 0.3 is 12.2 Å². The minimum atomic E-state index is -3.88. The third-order valence-electron chi connectivity index (χ3n) is 9.31. The number of alkyl carbamates (subject to hydrolysis) is 1. The fourth-order valence-electron chi connectivity index (χ4n) is 6.74. The van der Waals surface area contributed by atoms with E-state index in [0.717, 1.165) is 25.7 Å². The molecular formula is C34H45ClN6O10S. The molecule has 3 fully saturated rings. The van der Waals surface area contributed by atoms with Crippen LogP contribution in [0, 0.1) is 0 Å². The number of piperazine rings is 1. The predicted octanol–water partition coefficient (Wildman–Crippen LogP) is 3.05.